The van der Waals surface area contributed by atoms with Gasteiger partial charge in [0.15, 0.2) is 11.5 Å². The van der Waals surface area contributed by atoms with Gasteiger partial charge in [-0.25, -0.2) is 4.99 Å². The molecule has 0 atom stereocenters. The number of nitrogens with zero attached hydrogens (tertiary/aromatic N) is 2. The number of nitrogens with one attached hydrogen (secondary N) is 2. The second kappa shape index (κ2) is 5.62. The molecule has 1 aliphatic heterocycles. The molecule has 20 heavy (non-hydrogen) atoms. The molecule has 0 unspecified atom stereocenters. The van der Waals surface area contributed by atoms with E-state index in [0.29, 0.717) is 19.0 Å². The molecule has 0 bridgehead atoms. The van der Waals surface area contributed by atoms with Gasteiger partial charge in [-0.2, -0.15) is 4.98 Å². The van der Waals surface area contributed by atoms with Crippen molar-refractivity contribution in [3.63, 3.8) is 0 Å². The number of fused-ring (bicyclic) bond motifs is 1. The first-order chi connectivity index (χ1) is 9.44. The molecule has 7 heteroatoms. The van der Waals surface area contributed by atoms with Gasteiger partial charge in [0, 0.05) is 6.61 Å². The molecule has 0 radical (unpaired) electrons. The number of aromatic nitrogens is 2. The number of ether oxygens (including phenoxy) is 1. The van der Waals surface area contributed by atoms with Crippen LogP contribution in [0.25, 0.3) is 0 Å². The summed E-state index contributed by atoms with van der Waals surface area (Å²) in [5.41, 5.74) is 5.80. The lowest BCUT2D eigenvalue weighted by atomic mass is 9.96. The third-order valence-corrected chi connectivity index (χ3v) is 3.19. The van der Waals surface area contributed by atoms with Crippen molar-refractivity contribution < 1.29 is 4.74 Å². The minimum absolute atomic E-state index is 0.0786. The lowest BCUT2D eigenvalue weighted by molar-refractivity contribution is 0.165. The number of unbranched alkanes of at least 4 members (excludes halogenated alkanes) is 1. The quantitative estimate of drug-likeness (QED) is 0.707. The number of anilines is 2. The third-order valence-electron chi connectivity index (χ3n) is 3.19. The van der Waals surface area contributed by atoms with Crippen LogP contribution in [-0.4, -0.2) is 34.4 Å². The maximum Gasteiger partial charge on any atom is 0.280 e. The fourth-order valence-electron chi connectivity index (χ4n) is 1.95. The summed E-state index contributed by atoms with van der Waals surface area (Å²) < 4.78 is 5.60. The van der Waals surface area contributed by atoms with Crippen LogP contribution in [0.1, 0.15) is 33.6 Å². The molecular formula is C13H21N5O2. The van der Waals surface area contributed by atoms with E-state index >= 15 is 0 Å². The number of hydrogen-bond acceptors (Lipinski definition) is 6. The van der Waals surface area contributed by atoms with E-state index in [1.807, 2.05) is 13.8 Å². The summed E-state index contributed by atoms with van der Waals surface area (Å²) in [6, 6.07) is 0. The second-order valence-electron chi connectivity index (χ2n) is 5.36. The van der Waals surface area contributed by atoms with Gasteiger partial charge in [-0.15, -0.1) is 0 Å². The highest BCUT2D eigenvalue weighted by Gasteiger charge is 2.32. The van der Waals surface area contributed by atoms with Gasteiger partial charge in [-0.05, 0) is 20.3 Å². The monoisotopic (exact) mass is 279 g/mol. The number of hydrogen-bond donors (Lipinski definition) is 3. The molecule has 2 heterocycles. The topological polar surface area (TPSA) is 105 Å². The Morgan fingerprint density at radius 3 is 2.85 bits per heavy atom. The van der Waals surface area contributed by atoms with E-state index in [-0.39, 0.29) is 17.2 Å². The minimum Gasteiger partial charge on any atom is -0.375 e. The van der Waals surface area contributed by atoms with Crippen LogP contribution in [0.4, 0.5) is 17.5 Å². The number of nitrogens with two attached hydrogens (primary N) is 1. The van der Waals surface area contributed by atoms with Gasteiger partial charge in [0.25, 0.3) is 5.56 Å². The Bertz CT molecular complexity index is 577. The Morgan fingerprint density at radius 2 is 2.15 bits per heavy atom. The van der Waals surface area contributed by atoms with Crippen LogP contribution >= 0.6 is 0 Å². The van der Waals surface area contributed by atoms with Gasteiger partial charge >= 0.3 is 0 Å². The highest BCUT2D eigenvalue weighted by molar-refractivity contribution is 6.01. The maximum absolute atomic E-state index is 11.9. The zero-order chi connectivity index (χ0) is 14.8. The number of nitrogen functional groups attached to an aromatic ring is 1. The predicted molar refractivity (Wildman–Crippen MR) is 79.8 cm³/mol. The molecule has 0 fully saturated rings. The van der Waals surface area contributed by atoms with Crippen molar-refractivity contribution in [1.29, 1.82) is 0 Å². The minimum atomic E-state index is -0.424. The molecule has 0 saturated heterocycles. The van der Waals surface area contributed by atoms with Gasteiger partial charge in [-0.1, -0.05) is 13.3 Å². The van der Waals surface area contributed by atoms with E-state index in [0.717, 1.165) is 18.6 Å². The zero-order valence-electron chi connectivity index (χ0n) is 12.1. The molecule has 0 aromatic carbocycles. The van der Waals surface area contributed by atoms with Crippen LogP contribution in [-0.2, 0) is 4.74 Å². The normalized spacial score (nSPS) is 16.2. The largest absolute Gasteiger partial charge is 0.375 e. The molecule has 0 saturated carbocycles. The first kappa shape index (κ1) is 14.5. The van der Waals surface area contributed by atoms with Crippen molar-refractivity contribution in [2.45, 2.75) is 39.2 Å². The Morgan fingerprint density at radius 1 is 1.40 bits per heavy atom. The van der Waals surface area contributed by atoms with E-state index in [4.69, 9.17) is 10.5 Å². The molecular weight excluding hydrogens is 258 g/mol. The average Bonchev–Trinajstić information content (AvgIpc) is 2.34. The lowest BCUT2D eigenvalue weighted by Gasteiger charge is -2.32. The highest BCUT2D eigenvalue weighted by Crippen LogP contribution is 2.29. The first-order valence-corrected chi connectivity index (χ1v) is 6.78. The molecule has 7 nitrogen and oxygen atoms in total. The second-order valence-corrected chi connectivity index (χ2v) is 5.36. The van der Waals surface area contributed by atoms with E-state index in [2.05, 4.69) is 27.2 Å². The van der Waals surface area contributed by atoms with Gasteiger partial charge in [-0.3, -0.25) is 9.78 Å². The average molecular weight is 279 g/mol. The van der Waals surface area contributed by atoms with E-state index in [9.17, 15) is 4.79 Å². The zero-order valence-corrected chi connectivity index (χ0v) is 12.1. The van der Waals surface area contributed by atoms with Crippen LogP contribution in [0.15, 0.2) is 9.79 Å². The summed E-state index contributed by atoms with van der Waals surface area (Å²) in [7, 11) is 0. The van der Waals surface area contributed by atoms with Gasteiger partial charge in [0.1, 0.15) is 0 Å². The summed E-state index contributed by atoms with van der Waals surface area (Å²) in [6.07, 6.45) is 2.09. The summed E-state index contributed by atoms with van der Waals surface area (Å²) in [5.74, 6) is 0.489. The number of rotatable bonds is 5. The van der Waals surface area contributed by atoms with Crippen molar-refractivity contribution in [2.24, 2.45) is 4.99 Å². The van der Waals surface area contributed by atoms with Gasteiger partial charge in [0.2, 0.25) is 5.95 Å². The van der Waals surface area contributed by atoms with Crippen LogP contribution in [0, 0.1) is 0 Å². The van der Waals surface area contributed by atoms with E-state index < -0.39 is 5.54 Å². The van der Waals surface area contributed by atoms with Crippen molar-refractivity contribution in [3.8, 4) is 0 Å². The molecule has 110 valence electrons. The van der Waals surface area contributed by atoms with E-state index in [1.54, 1.807) is 0 Å². The predicted octanol–water partition coefficient (Wildman–Crippen LogP) is 1.45. The molecule has 1 aliphatic rings. The van der Waals surface area contributed by atoms with Crippen LogP contribution in [0.2, 0.25) is 0 Å². The van der Waals surface area contributed by atoms with Crippen molar-refractivity contribution in [2.75, 3.05) is 24.3 Å². The molecule has 0 spiro atoms. The Labute approximate surface area is 117 Å². The fraction of sp³-hybridized carbons (Fsp3) is 0.615. The van der Waals surface area contributed by atoms with Crippen molar-refractivity contribution in [3.05, 3.63) is 10.4 Å². The van der Waals surface area contributed by atoms with Crippen LogP contribution in [0.5, 0.6) is 0 Å². The van der Waals surface area contributed by atoms with Crippen LogP contribution < -0.4 is 16.6 Å². The molecule has 0 aliphatic carbocycles. The van der Waals surface area contributed by atoms with Crippen molar-refractivity contribution >= 4 is 23.2 Å². The SMILES string of the molecule is CCCCOCC1=Nc2c(nc(N)[nH]c2=O)NC1(C)C. The van der Waals surface area contributed by atoms with Crippen molar-refractivity contribution in [1.82, 2.24) is 9.97 Å². The molecule has 1 aromatic heterocycles. The molecule has 0 amide bonds. The smallest absolute Gasteiger partial charge is 0.280 e. The van der Waals surface area contributed by atoms with Gasteiger partial charge in [0.05, 0.1) is 17.9 Å². The fourth-order valence-corrected chi connectivity index (χ4v) is 1.95. The Kier molecular flexibility index (Phi) is 4.08. The standard InChI is InChI=1S/C13H21N5O2/c1-4-5-6-20-7-8-13(2,3)18-10-9(15-8)11(19)17-12(14)16-10/h4-7H2,1-3H3,(H4,14,16,17,18,19). The van der Waals surface area contributed by atoms with Gasteiger partial charge < -0.3 is 15.8 Å². The lowest BCUT2D eigenvalue weighted by Crippen LogP contribution is -2.45. The molecule has 4 N–H and O–H groups in total. The van der Waals surface area contributed by atoms with Crippen LogP contribution in [0.3, 0.4) is 0 Å². The number of aromatic amines is 1. The molecule has 1 aromatic rings. The third kappa shape index (κ3) is 2.98. The highest BCUT2D eigenvalue weighted by atomic mass is 16.5. The Balaban J connectivity index is 2.26. The van der Waals surface area contributed by atoms with E-state index in [1.165, 1.54) is 0 Å². The molecule has 2 rings (SSSR count). The first-order valence-electron chi connectivity index (χ1n) is 6.78. The summed E-state index contributed by atoms with van der Waals surface area (Å²) in [4.78, 5) is 22.8. The number of aliphatic imine (C=N–C) groups is 1. The summed E-state index contributed by atoms with van der Waals surface area (Å²) >= 11 is 0. The summed E-state index contributed by atoms with van der Waals surface area (Å²) in [5, 5.41) is 3.19. The number of H-pyrrole nitrogens is 1. The Hall–Kier alpha value is -1.89. The maximum atomic E-state index is 11.9. The summed E-state index contributed by atoms with van der Waals surface area (Å²) in [6.45, 7) is 7.13.